The van der Waals surface area contributed by atoms with E-state index in [4.69, 9.17) is 0 Å². The fourth-order valence-corrected chi connectivity index (χ4v) is 2.96. The smallest absolute Gasteiger partial charge is 0.299 e. The first-order valence-corrected chi connectivity index (χ1v) is 7.16. The first kappa shape index (κ1) is 13.9. The van der Waals surface area contributed by atoms with Gasteiger partial charge < -0.3 is 0 Å². The van der Waals surface area contributed by atoms with Crippen molar-refractivity contribution in [3.63, 3.8) is 0 Å². The summed E-state index contributed by atoms with van der Waals surface area (Å²) in [5.74, 6) is 0. The van der Waals surface area contributed by atoms with Crippen molar-refractivity contribution < 1.29 is 13.2 Å². The van der Waals surface area contributed by atoms with Crippen LogP contribution in [0.4, 0.5) is 13.2 Å². The van der Waals surface area contributed by atoms with Crippen LogP contribution in [0.5, 0.6) is 0 Å². The number of alkyl halides is 3. The number of hydrogen-bond acceptors (Lipinski definition) is 2. The molecule has 3 rings (SSSR count). The molecule has 0 spiro atoms. The highest BCUT2D eigenvalue weighted by atomic mass is 19.4. The monoisotopic (exact) mass is 284 g/mol. The van der Waals surface area contributed by atoms with Crippen molar-refractivity contribution in [2.24, 2.45) is 0 Å². The summed E-state index contributed by atoms with van der Waals surface area (Å²) in [5, 5.41) is 2.82. The zero-order chi connectivity index (χ0) is 14.2. The van der Waals surface area contributed by atoms with Crippen LogP contribution in [0.2, 0.25) is 0 Å². The Hall–Kier alpha value is -1.07. The average molecular weight is 284 g/mol. The largest absolute Gasteiger partial charge is 0.407 e. The Morgan fingerprint density at radius 3 is 2.40 bits per heavy atom. The molecule has 1 aliphatic heterocycles. The van der Waals surface area contributed by atoms with Crippen molar-refractivity contribution in [3.8, 4) is 0 Å². The average Bonchev–Trinajstić information content (AvgIpc) is 3.15. The van der Waals surface area contributed by atoms with E-state index in [-0.39, 0.29) is 6.04 Å². The molecule has 0 radical (unpaired) electrons. The fraction of sp³-hybridized carbons (Fsp3) is 0.600. The topological polar surface area (TPSA) is 15.3 Å². The molecule has 2 aliphatic rings. The summed E-state index contributed by atoms with van der Waals surface area (Å²) in [7, 11) is 0. The van der Waals surface area contributed by atoms with Gasteiger partial charge in [-0.25, -0.2) is 0 Å². The van der Waals surface area contributed by atoms with Gasteiger partial charge in [0, 0.05) is 25.2 Å². The van der Waals surface area contributed by atoms with Crippen LogP contribution in [0.1, 0.15) is 30.9 Å². The molecule has 1 aromatic carbocycles. The minimum atomic E-state index is -4.26. The molecule has 5 heteroatoms. The predicted octanol–water partition coefficient (Wildman–Crippen LogP) is 3.12. The molecule has 2 unspecified atom stereocenters. The van der Waals surface area contributed by atoms with Crippen molar-refractivity contribution in [1.29, 1.82) is 0 Å². The van der Waals surface area contributed by atoms with Gasteiger partial charge in [0.25, 0.3) is 0 Å². The molecule has 2 fully saturated rings. The molecular formula is C15H19F3N2. The molecular weight excluding hydrogens is 265 g/mol. The molecule has 2 nitrogen and oxygen atoms in total. The summed E-state index contributed by atoms with van der Waals surface area (Å²) < 4.78 is 39.8. The van der Waals surface area contributed by atoms with Crippen LogP contribution in [0.25, 0.3) is 0 Å². The summed E-state index contributed by atoms with van der Waals surface area (Å²) in [4.78, 5) is 2.32. The highest BCUT2D eigenvalue weighted by Gasteiger charge is 2.43. The molecule has 110 valence electrons. The molecule has 0 amide bonds. The first-order chi connectivity index (χ1) is 9.54. The predicted molar refractivity (Wildman–Crippen MR) is 71.4 cm³/mol. The maximum atomic E-state index is 13.3. The summed E-state index contributed by atoms with van der Waals surface area (Å²) in [6, 6.07) is 7.12. The van der Waals surface area contributed by atoms with Gasteiger partial charge in [-0.05, 0) is 24.8 Å². The van der Waals surface area contributed by atoms with Gasteiger partial charge in [-0.15, -0.1) is 0 Å². The molecule has 0 aromatic heterocycles. The van der Waals surface area contributed by atoms with Crippen LogP contribution in [0, 0.1) is 0 Å². The van der Waals surface area contributed by atoms with E-state index in [1.54, 1.807) is 30.3 Å². The van der Waals surface area contributed by atoms with E-state index in [0.717, 1.165) is 19.5 Å². The van der Waals surface area contributed by atoms with Crippen LogP contribution in [-0.4, -0.2) is 36.2 Å². The lowest BCUT2D eigenvalue weighted by Crippen LogP contribution is -2.42. The van der Waals surface area contributed by atoms with E-state index in [9.17, 15) is 13.2 Å². The maximum Gasteiger partial charge on any atom is 0.407 e. The van der Waals surface area contributed by atoms with Crippen molar-refractivity contribution in [3.05, 3.63) is 35.9 Å². The lowest BCUT2D eigenvalue weighted by atomic mass is 10.1. The number of nitrogens with zero attached hydrogens (tertiary/aromatic N) is 1. The Morgan fingerprint density at radius 1 is 1.10 bits per heavy atom. The van der Waals surface area contributed by atoms with Gasteiger partial charge in [-0.2, -0.15) is 13.2 Å². The number of benzene rings is 1. The minimum absolute atomic E-state index is 0.0672. The second kappa shape index (κ2) is 5.37. The molecule has 1 N–H and O–H groups in total. The van der Waals surface area contributed by atoms with Gasteiger partial charge >= 0.3 is 6.18 Å². The van der Waals surface area contributed by atoms with Crippen LogP contribution >= 0.6 is 0 Å². The highest BCUT2D eigenvalue weighted by Crippen LogP contribution is 2.35. The third-order valence-electron chi connectivity index (χ3n) is 4.15. The minimum Gasteiger partial charge on any atom is -0.299 e. The van der Waals surface area contributed by atoms with Crippen LogP contribution in [-0.2, 0) is 0 Å². The van der Waals surface area contributed by atoms with Gasteiger partial charge in [0.15, 0.2) is 0 Å². The van der Waals surface area contributed by atoms with Gasteiger partial charge in [-0.1, -0.05) is 30.3 Å². The summed E-state index contributed by atoms with van der Waals surface area (Å²) in [6.07, 6.45) is -1.05. The lowest BCUT2D eigenvalue weighted by Gasteiger charge is -2.26. The number of hydrogen-bond donors (Lipinski definition) is 1. The summed E-state index contributed by atoms with van der Waals surface area (Å²) in [6.45, 7) is 1.66. The van der Waals surface area contributed by atoms with Crippen LogP contribution < -0.4 is 5.32 Å². The number of likely N-dealkylation sites (tertiary alicyclic amines) is 1. The highest BCUT2D eigenvalue weighted by molar-refractivity contribution is 5.20. The van der Waals surface area contributed by atoms with Crippen molar-refractivity contribution in [2.75, 3.05) is 13.1 Å². The molecule has 20 heavy (non-hydrogen) atoms. The third-order valence-corrected chi connectivity index (χ3v) is 4.15. The zero-order valence-corrected chi connectivity index (χ0v) is 11.2. The Labute approximate surface area is 117 Å². The van der Waals surface area contributed by atoms with Gasteiger partial charge in [0.2, 0.25) is 0 Å². The molecule has 0 bridgehead atoms. The summed E-state index contributed by atoms with van der Waals surface area (Å²) >= 11 is 0. The summed E-state index contributed by atoms with van der Waals surface area (Å²) in [5.41, 5.74) is 0.296. The second-order valence-electron chi connectivity index (χ2n) is 5.76. The normalized spacial score (nSPS) is 25.9. The van der Waals surface area contributed by atoms with Crippen LogP contribution in [0.3, 0.4) is 0 Å². The Kier molecular flexibility index (Phi) is 3.73. The molecule has 1 heterocycles. The maximum absolute atomic E-state index is 13.3. The number of rotatable bonds is 4. The Balaban J connectivity index is 1.68. The number of halogens is 3. The van der Waals surface area contributed by atoms with E-state index in [1.807, 2.05) is 0 Å². The Morgan fingerprint density at radius 2 is 1.80 bits per heavy atom. The van der Waals surface area contributed by atoms with E-state index in [2.05, 4.69) is 10.2 Å². The molecule has 1 aliphatic carbocycles. The van der Waals surface area contributed by atoms with Crippen molar-refractivity contribution in [2.45, 2.75) is 43.6 Å². The SMILES string of the molecule is FC(F)(F)C(NC1CCN(C2CC2)C1)c1ccccc1. The fourth-order valence-electron chi connectivity index (χ4n) is 2.96. The van der Waals surface area contributed by atoms with Gasteiger partial charge in [0.1, 0.15) is 6.04 Å². The van der Waals surface area contributed by atoms with E-state index >= 15 is 0 Å². The standard InChI is InChI=1S/C15H19F3N2/c16-15(17,18)14(11-4-2-1-3-5-11)19-12-8-9-20(10-12)13-6-7-13/h1-5,12-14,19H,6-10H2. The van der Waals surface area contributed by atoms with E-state index in [0.29, 0.717) is 11.6 Å². The quantitative estimate of drug-likeness (QED) is 0.914. The zero-order valence-electron chi connectivity index (χ0n) is 11.2. The van der Waals surface area contributed by atoms with Gasteiger partial charge in [-0.3, -0.25) is 10.2 Å². The van der Waals surface area contributed by atoms with Crippen molar-refractivity contribution >= 4 is 0 Å². The van der Waals surface area contributed by atoms with Gasteiger partial charge in [0.05, 0.1) is 0 Å². The molecule has 1 saturated heterocycles. The first-order valence-electron chi connectivity index (χ1n) is 7.16. The molecule has 2 atom stereocenters. The van der Waals surface area contributed by atoms with E-state index in [1.165, 1.54) is 12.8 Å². The second-order valence-corrected chi connectivity index (χ2v) is 5.76. The van der Waals surface area contributed by atoms with Crippen LogP contribution in [0.15, 0.2) is 30.3 Å². The van der Waals surface area contributed by atoms with E-state index < -0.39 is 12.2 Å². The number of nitrogens with one attached hydrogen (secondary N) is 1. The van der Waals surface area contributed by atoms with Crippen molar-refractivity contribution in [1.82, 2.24) is 10.2 Å². The lowest BCUT2D eigenvalue weighted by molar-refractivity contribution is -0.159. The molecule has 1 saturated carbocycles. The molecule has 1 aromatic rings. The Bertz CT molecular complexity index is 442. The third kappa shape index (κ3) is 3.15.